The molecule has 1 aliphatic carbocycles. The number of likely N-dealkylation sites (tertiary alicyclic amines) is 1. The molecule has 4 aromatic carbocycles. The van der Waals surface area contributed by atoms with Crippen LogP contribution in [0.1, 0.15) is 144 Å². The molecule has 0 radical (unpaired) electrons. The number of benzene rings is 4. The van der Waals surface area contributed by atoms with E-state index in [1.165, 1.54) is 40.7 Å². The van der Waals surface area contributed by atoms with E-state index in [0.717, 1.165) is 62.4 Å². The summed E-state index contributed by atoms with van der Waals surface area (Å²) in [4.78, 5) is 145. The number of rotatable bonds is 16. The third kappa shape index (κ3) is 14.6. The Kier molecular flexibility index (Phi) is 20.5. The van der Waals surface area contributed by atoms with E-state index in [2.05, 4.69) is 35.7 Å². The van der Waals surface area contributed by atoms with Crippen LogP contribution in [0.4, 0.5) is 39.7 Å². The highest BCUT2D eigenvalue weighted by Crippen LogP contribution is 2.45. The standard InChI is InChI=1S/C42H43F2N9O7S.C34H40F2N6O8S/c43-30-15-28-29(40(58)53(39(28)57)33-9-10-35(54)47-38(33)56)16-34(30)50-22-42(23-50)20-49(21-42)18-24-4-3-7-27(14-24)61(59,60)51-13-12-32(31(44)19-51)46-41-45-17-25-8-11-36(55)52(37(25)48-41)26-5-1-2-6-26;1-34(2,3)42(33(47)48)26-9-10-40(19-25(26)36)51(49,50)21-6-4-5-20(15-21)18-38-11-13-39(14-12-38)28-17-23-22(16-24(28)35)31(45)41(32(23)46)27-7-8-29(43)37-30(27)44/h3-4,7-8,11,14-17,26,31-33H,1-2,5-6,9-10,12-13,18-23H2,(H,45,46,48)(H,47,54,56);4-6,15-17,25-27H,7-14,18-19H2,1-3H3,(H,47,48)(H,37,43,44)/t31-,32+,33?;25-,26+,27?/m11/s1. The van der Waals surface area contributed by atoms with Gasteiger partial charge in [0, 0.05) is 139 Å². The predicted molar refractivity (Wildman–Crippen MR) is 395 cm³/mol. The molecule has 9 aliphatic heterocycles. The smallest absolute Gasteiger partial charge is 0.408 e. The molecular formula is C76H83F4N15O15S2. The number of piperazine rings is 1. The lowest BCUT2D eigenvalue weighted by atomic mass is 9.72. The van der Waals surface area contributed by atoms with Gasteiger partial charge in [-0.3, -0.25) is 82.9 Å². The normalized spacial score (nSPS) is 24.2. The lowest BCUT2D eigenvalue weighted by Crippen LogP contribution is -2.72. The minimum absolute atomic E-state index is 0.000903. The van der Waals surface area contributed by atoms with E-state index >= 15 is 17.6 Å². The van der Waals surface area contributed by atoms with Crippen molar-refractivity contribution < 1.29 is 82.7 Å². The molecule has 16 rings (SSSR count). The van der Waals surface area contributed by atoms with Crippen molar-refractivity contribution in [2.75, 3.05) is 93.7 Å². The zero-order chi connectivity index (χ0) is 79.4. The molecule has 7 saturated heterocycles. The van der Waals surface area contributed by atoms with E-state index in [9.17, 15) is 69.9 Å². The number of aromatic nitrogens is 3. The van der Waals surface area contributed by atoms with Crippen molar-refractivity contribution in [3.8, 4) is 0 Å². The molecule has 36 heteroatoms. The van der Waals surface area contributed by atoms with Gasteiger partial charge in [-0.1, -0.05) is 37.1 Å². The van der Waals surface area contributed by atoms with Crippen molar-refractivity contribution in [1.29, 1.82) is 0 Å². The zero-order valence-electron chi connectivity index (χ0n) is 61.5. The molecule has 1 spiro atoms. The summed E-state index contributed by atoms with van der Waals surface area (Å²) in [7, 11) is -8.09. The number of halogens is 4. The van der Waals surface area contributed by atoms with Crippen molar-refractivity contribution in [2.24, 2.45) is 5.41 Å². The number of carbonyl (C=O) groups is 9. The number of carbonyl (C=O) groups excluding carboxylic acids is 8. The number of sulfonamides is 2. The van der Waals surface area contributed by atoms with Crippen LogP contribution in [0.3, 0.4) is 0 Å². The number of carboxylic acid groups (broad SMARTS) is 1. The zero-order valence-corrected chi connectivity index (χ0v) is 63.2. The van der Waals surface area contributed by atoms with Crippen molar-refractivity contribution in [3.63, 3.8) is 0 Å². The van der Waals surface area contributed by atoms with Crippen molar-refractivity contribution >= 4 is 102 Å². The van der Waals surface area contributed by atoms with Crippen LogP contribution in [0.15, 0.2) is 106 Å². The molecule has 9 amide bonds. The Morgan fingerprint density at radius 1 is 0.598 bits per heavy atom. The van der Waals surface area contributed by atoms with E-state index in [0.29, 0.717) is 82.0 Å². The maximum absolute atomic E-state index is 15.7. The number of amides is 9. The highest BCUT2D eigenvalue weighted by molar-refractivity contribution is 7.89. The van der Waals surface area contributed by atoms with E-state index in [-0.39, 0.29) is 125 Å². The second-order valence-electron chi connectivity index (χ2n) is 31.6. The number of pyridine rings is 1. The molecular weight excluding hydrogens is 1500 g/mol. The van der Waals surface area contributed by atoms with E-state index in [4.69, 9.17) is 0 Å². The molecule has 112 heavy (non-hydrogen) atoms. The van der Waals surface area contributed by atoms with Gasteiger partial charge in [-0.2, -0.15) is 13.6 Å². The first-order valence-electron chi connectivity index (χ1n) is 37.4. The largest absolute Gasteiger partial charge is 0.465 e. The maximum Gasteiger partial charge on any atom is 0.408 e. The van der Waals surface area contributed by atoms with Crippen LogP contribution in [0.25, 0.3) is 11.0 Å². The molecule has 0 bridgehead atoms. The highest BCUT2D eigenvalue weighted by Gasteiger charge is 2.54. The second kappa shape index (κ2) is 29.8. The maximum atomic E-state index is 15.7. The molecule has 6 atom stereocenters. The molecule has 8 fully saturated rings. The average Bonchev–Trinajstić information content (AvgIpc) is 1.16. The summed E-state index contributed by atoms with van der Waals surface area (Å²) in [6, 6.07) is 17.0. The Morgan fingerprint density at radius 2 is 1.10 bits per heavy atom. The third-order valence-electron chi connectivity index (χ3n) is 23.0. The number of hydrogen-bond donors (Lipinski definition) is 4. The number of hydrogen-bond acceptors (Lipinski definition) is 21. The summed E-state index contributed by atoms with van der Waals surface area (Å²) < 4.78 is 121. The van der Waals surface area contributed by atoms with Gasteiger partial charge in [-0.25, -0.2) is 44.2 Å². The first-order chi connectivity index (χ1) is 53.2. The van der Waals surface area contributed by atoms with Gasteiger partial charge in [-0.15, -0.1) is 0 Å². The summed E-state index contributed by atoms with van der Waals surface area (Å²) in [5.74, 6) is -6.59. The molecule has 2 unspecified atom stereocenters. The quantitative estimate of drug-likeness (QED) is 0.0695. The van der Waals surface area contributed by atoms with Gasteiger partial charge < -0.3 is 20.2 Å². The van der Waals surface area contributed by atoms with Gasteiger partial charge in [-0.05, 0) is 125 Å². The second-order valence-corrected chi connectivity index (χ2v) is 35.5. The van der Waals surface area contributed by atoms with Crippen LogP contribution in [0.5, 0.6) is 0 Å². The number of fused-ring (bicyclic) bond motifs is 3. The number of anilines is 3. The predicted octanol–water partition coefficient (Wildman–Crippen LogP) is 5.41. The van der Waals surface area contributed by atoms with Crippen LogP contribution < -0.4 is 31.3 Å². The number of nitrogens with zero attached hydrogens (tertiary/aromatic N) is 12. The monoisotopic (exact) mass is 1590 g/mol. The van der Waals surface area contributed by atoms with Gasteiger partial charge >= 0.3 is 6.09 Å². The number of nitrogens with one attached hydrogen (secondary N) is 3. The van der Waals surface area contributed by atoms with E-state index < -0.39 is 134 Å². The minimum Gasteiger partial charge on any atom is -0.465 e. The molecule has 30 nitrogen and oxygen atoms in total. The highest BCUT2D eigenvalue weighted by atomic mass is 32.2. The van der Waals surface area contributed by atoms with Crippen LogP contribution >= 0.6 is 0 Å². The minimum atomic E-state index is -4.08. The van der Waals surface area contributed by atoms with Crippen LogP contribution in [-0.2, 0) is 52.3 Å². The molecule has 11 heterocycles. The lowest BCUT2D eigenvalue weighted by Gasteiger charge is -2.61. The van der Waals surface area contributed by atoms with Gasteiger partial charge in [0.2, 0.25) is 49.6 Å². The van der Waals surface area contributed by atoms with Gasteiger partial charge in [0.15, 0.2) is 0 Å². The fourth-order valence-electron chi connectivity index (χ4n) is 17.5. The van der Waals surface area contributed by atoms with Gasteiger partial charge in [0.25, 0.3) is 29.2 Å². The summed E-state index contributed by atoms with van der Waals surface area (Å²) in [5, 5.41) is 17.8. The van der Waals surface area contributed by atoms with Crippen LogP contribution in [0.2, 0.25) is 0 Å². The summed E-state index contributed by atoms with van der Waals surface area (Å²) >= 11 is 0. The van der Waals surface area contributed by atoms with Crippen LogP contribution in [-0.4, -0.2) is 244 Å². The Labute approximate surface area is 641 Å². The topological polar surface area (TPSA) is 355 Å². The molecule has 1 saturated carbocycles. The fraction of sp³-hybridized carbons (Fsp3) is 0.474. The molecule has 6 aromatic rings. The first kappa shape index (κ1) is 77.2. The Bertz CT molecular complexity index is 5220. The van der Waals surface area contributed by atoms with Gasteiger partial charge in [0.05, 0.1) is 55.5 Å². The fourth-order valence-corrected chi connectivity index (χ4v) is 20.6. The SMILES string of the molecule is CC(C)(C)N(C(=O)O)[C@H]1CCN(S(=O)(=O)c2cccc(CN3CCN(c4cc5c(cc4F)C(=O)N(C4CCC(=O)NC4=O)C5=O)CC3)c2)C[C@H]1F.O=C1CCC(N2C(=O)c3cc(F)c(N4CC5(CN(Cc6cccc(S(=O)(=O)N7CC[C@H](Nc8ncc9ccc(=O)n(C%10CCCC%10)c9n8)[C@H](F)C7)c6)C5)C4)cc3C2=O)C(=O)N1. The number of piperidine rings is 4. The van der Waals surface area contributed by atoms with Crippen molar-refractivity contribution in [2.45, 2.75) is 156 Å². The van der Waals surface area contributed by atoms with Crippen molar-refractivity contribution in [1.82, 2.24) is 58.3 Å². The average molecular weight is 1590 g/mol. The summed E-state index contributed by atoms with van der Waals surface area (Å²) in [5.41, 5.74) is 0.920. The third-order valence-corrected chi connectivity index (χ3v) is 26.8. The Morgan fingerprint density at radius 3 is 1.60 bits per heavy atom. The van der Waals surface area contributed by atoms with Crippen molar-refractivity contribution in [3.05, 3.63) is 146 Å². The van der Waals surface area contributed by atoms with Gasteiger partial charge in [0.1, 0.15) is 41.7 Å². The van der Waals surface area contributed by atoms with E-state index in [1.807, 2.05) is 11.0 Å². The van der Waals surface area contributed by atoms with Crippen LogP contribution in [0, 0.1) is 17.0 Å². The molecule has 2 aromatic heterocycles. The Hall–Kier alpha value is -10.1. The number of alkyl halides is 2. The molecule has 10 aliphatic rings. The lowest BCUT2D eigenvalue weighted by molar-refractivity contribution is -0.137. The summed E-state index contributed by atoms with van der Waals surface area (Å²) in [6.07, 6.45) is 1.11. The summed E-state index contributed by atoms with van der Waals surface area (Å²) in [6.45, 7) is 9.13. The number of imide groups is 4. The first-order valence-corrected chi connectivity index (χ1v) is 40.3. The van der Waals surface area contributed by atoms with E-state index in [1.54, 1.807) is 66.8 Å². The molecule has 4 N–H and O–H groups in total. The molecule has 592 valence electrons. The Balaban J connectivity index is 0.000000180.